The van der Waals surface area contributed by atoms with Gasteiger partial charge in [0.2, 0.25) is 0 Å². The highest BCUT2D eigenvalue weighted by Gasteiger charge is 2.12. The van der Waals surface area contributed by atoms with Gasteiger partial charge in [0.05, 0.1) is 7.11 Å². The topological polar surface area (TPSA) is 39.5 Å². The normalized spacial score (nSPS) is 12.4. The predicted octanol–water partition coefficient (Wildman–Crippen LogP) is 2.85. The van der Waals surface area contributed by atoms with Crippen molar-refractivity contribution in [3.05, 3.63) is 42.5 Å². The number of ether oxygens (including phenoxy) is 2. The first-order valence-electron chi connectivity index (χ1n) is 8.11. The van der Waals surface area contributed by atoms with Gasteiger partial charge in [0.25, 0.3) is 0 Å². The smallest absolute Gasteiger partial charge is 0.161 e. The van der Waals surface area contributed by atoms with E-state index in [0.717, 1.165) is 36.8 Å². The molecule has 0 amide bonds. The van der Waals surface area contributed by atoms with E-state index in [9.17, 15) is 0 Å². The lowest BCUT2D eigenvalue weighted by atomic mass is 10.3. The van der Waals surface area contributed by atoms with Gasteiger partial charge in [0.15, 0.2) is 11.5 Å². The van der Waals surface area contributed by atoms with Gasteiger partial charge in [-0.15, -0.1) is 0 Å². The van der Waals surface area contributed by atoms with Gasteiger partial charge in [-0.3, -0.25) is 4.90 Å². The fraction of sp³-hybridized carbons (Fsp3) is 0.500. The number of nitrogens with zero attached hydrogens (tertiary/aromatic N) is 3. The van der Waals surface area contributed by atoms with Gasteiger partial charge in [0.1, 0.15) is 12.4 Å². The monoisotopic (exact) mass is 317 g/mol. The first kappa shape index (κ1) is 17.3. The van der Waals surface area contributed by atoms with Crippen molar-refractivity contribution in [2.24, 2.45) is 0 Å². The fourth-order valence-electron chi connectivity index (χ4n) is 2.50. The summed E-state index contributed by atoms with van der Waals surface area (Å²) in [5, 5.41) is 0. The molecule has 0 saturated carbocycles. The minimum atomic E-state index is 0.413. The van der Waals surface area contributed by atoms with Gasteiger partial charge in [-0.05, 0) is 26.1 Å². The third-order valence-electron chi connectivity index (χ3n) is 4.10. The molecule has 5 nitrogen and oxygen atoms in total. The molecular weight excluding hydrogens is 290 g/mol. The average Bonchev–Trinajstić information content (AvgIpc) is 3.02. The summed E-state index contributed by atoms with van der Waals surface area (Å²) in [7, 11) is 3.78. The van der Waals surface area contributed by atoms with Crippen LogP contribution in [0.2, 0.25) is 0 Å². The maximum absolute atomic E-state index is 5.84. The number of imidazole rings is 1. The van der Waals surface area contributed by atoms with E-state index < -0.39 is 0 Å². The number of aromatic nitrogens is 2. The van der Waals surface area contributed by atoms with Crippen molar-refractivity contribution in [3.63, 3.8) is 0 Å². The Bertz CT molecular complexity index is 597. The molecule has 0 saturated heterocycles. The number of hydrogen-bond donors (Lipinski definition) is 0. The second-order valence-electron chi connectivity index (χ2n) is 5.68. The summed E-state index contributed by atoms with van der Waals surface area (Å²) in [5.74, 6) is 2.70. The third-order valence-corrected chi connectivity index (χ3v) is 4.10. The van der Waals surface area contributed by atoms with Crippen LogP contribution >= 0.6 is 0 Å². The molecule has 5 heteroatoms. The van der Waals surface area contributed by atoms with Crippen molar-refractivity contribution in [3.8, 4) is 11.5 Å². The van der Waals surface area contributed by atoms with E-state index in [2.05, 4.69) is 41.5 Å². The summed E-state index contributed by atoms with van der Waals surface area (Å²) in [4.78, 5) is 6.67. The van der Waals surface area contributed by atoms with E-state index in [1.807, 2.05) is 30.5 Å². The summed E-state index contributed by atoms with van der Waals surface area (Å²) < 4.78 is 13.4. The van der Waals surface area contributed by atoms with Gasteiger partial charge in [-0.1, -0.05) is 19.1 Å². The predicted molar refractivity (Wildman–Crippen MR) is 92.2 cm³/mol. The van der Waals surface area contributed by atoms with E-state index in [-0.39, 0.29) is 0 Å². The lowest BCUT2D eigenvalue weighted by molar-refractivity contribution is 0.184. The molecule has 1 aromatic heterocycles. The highest BCUT2D eigenvalue weighted by atomic mass is 16.5. The van der Waals surface area contributed by atoms with Gasteiger partial charge in [-0.2, -0.15) is 0 Å². The molecule has 0 radical (unpaired) electrons. The molecule has 0 aliphatic rings. The molecule has 0 spiro atoms. The van der Waals surface area contributed by atoms with Crippen molar-refractivity contribution in [2.75, 3.05) is 27.3 Å². The van der Waals surface area contributed by atoms with E-state index in [1.54, 1.807) is 7.11 Å². The van der Waals surface area contributed by atoms with Crippen molar-refractivity contribution in [2.45, 2.75) is 32.9 Å². The molecule has 0 aliphatic carbocycles. The molecule has 0 N–H and O–H groups in total. The third kappa shape index (κ3) is 4.73. The van der Waals surface area contributed by atoms with E-state index >= 15 is 0 Å². The van der Waals surface area contributed by atoms with Crippen LogP contribution in [0.25, 0.3) is 0 Å². The quantitative estimate of drug-likeness (QED) is 0.713. The second kappa shape index (κ2) is 8.58. The molecule has 2 rings (SSSR count). The van der Waals surface area contributed by atoms with Gasteiger partial charge >= 0.3 is 0 Å². The Kier molecular flexibility index (Phi) is 6.47. The Morgan fingerprint density at radius 1 is 1.26 bits per heavy atom. The van der Waals surface area contributed by atoms with Crippen molar-refractivity contribution in [1.29, 1.82) is 0 Å². The van der Waals surface area contributed by atoms with Crippen LogP contribution in [0, 0.1) is 0 Å². The lowest BCUT2D eigenvalue weighted by Crippen LogP contribution is -2.36. The number of para-hydroxylation sites is 2. The molecule has 0 fully saturated rings. The largest absolute Gasteiger partial charge is 0.493 e. The molecule has 1 unspecified atom stereocenters. The standard InChI is InChI=1S/C18H27N3O2/c1-5-18-19-10-11-21(18)14-15(2)20(3)12-13-23-17-9-7-6-8-16(17)22-4/h6-11,15H,5,12-14H2,1-4H3. The molecule has 0 aliphatic heterocycles. The summed E-state index contributed by atoms with van der Waals surface area (Å²) >= 11 is 0. The zero-order chi connectivity index (χ0) is 16.7. The van der Waals surface area contributed by atoms with Crippen LogP contribution in [0.3, 0.4) is 0 Å². The van der Waals surface area contributed by atoms with E-state index in [1.165, 1.54) is 0 Å². The van der Waals surface area contributed by atoms with E-state index in [4.69, 9.17) is 9.47 Å². The van der Waals surface area contributed by atoms with Crippen LogP contribution < -0.4 is 9.47 Å². The molecule has 23 heavy (non-hydrogen) atoms. The first-order chi connectivity index (χ1) is 11.2. The minimum absolute atomic E-state index is 0.413. The summed E-state index contributed by atoms with van der Waals surface area (Å²) in [6.07, 6.45) is 4.88. The molecule has 2 aromatic rings. The second-order valence-corrected chi connectivity index (χ2v) is 5.68. The molecule has 126 valence electrons. The number of likely N-dealkylation sites (N-methyl/N-ethyl adjacent to an activating group) is 1. The maximum atomic E-state index is 5.84. The number of rotatable bonds is 9. The molecule has 1 aromatic carbocycles. The summed E-state index contributed by atoms with van der Waals surface area (Å²) in [6, 6.07) is 8.15. The number of aryl methyl sites for hydroxylation is 1. The van der Waals surface area contributed by atoms with Gasteiger partial charge in [-0.25, -0.2) is 4.98 Å². The zero-order valence-corrected chi connectivity index (χ0v) is 14.5. The van der Waals surface area contributed by atoms with Crippen molar-refractivity contribution in [1.82, 2.24) is 14.5 Å². The number of hydrogen-bond acceptors (Lipinski definition) is 4. The van der Waals surface area contributed by atoms with Crippen molar-refractivity contribution >= 4 is 0 Å². The molecule has 1 atom stereocenters. The first-order valence-corrected chi connectivity index (χ1v) is 8.11. The molecular formula is C18H27N3O2. The highest BCUT2D eigenvalue weighted by molar-refractivity contribution is 5.39. The Morgan fingerprint density at radius 2 is 2.00 bits per heavy atom. The average molecular weight is 317 g/mol. The zero-order valence-electron chi connectivity index (χ0n) is 14.5. The SMILES string of the molecule is CCc1nccn1CC(C)N(C)CCOc1ccccc1OC. The van der Waals surface area contributed by atoms with Crippen LogP contribution in [0.5, 0.6) is 11.5 Å². The minimum Gasteiger partial charge on any atom is -0.493 e. The van der Waals surface area contributed by atoms with Crippen LogP contribution in [0.1, 0.15) is 19.7 Å². The lowest BCUT2D eigenvalue weighted by Gasteiger charge is -2.25. The van der Waals surface area contributed by atoms with Crippen molar-refractivity contribution < 1.29 is 9.47 Å². The van der Waals surface area contributed by atoms with E-state index in [0.29, 0.717) is 12.6 Å². The maximum Gasteiger partial charge on any atom is 0.161 e. The van der Waals surface area contributed by atoms with Crippen LogP contribution in [0.4, 0.5) is 0 Å². The van der Waals surface area contributed by atoms with Crippen LogP contribution in [0.15, 0.2) is 36.7 Å². The van der Waals surface area contributed by atoms with Crippen LogP contribution in [-0.4, -0.2) is 47.8 Å². The van der Waals surface area contributed by atoms with Crippen LogP contribution in [-0.2, 0) is 13.0 Å². The summed E-state index contributed by atoms with van der Waals surface area (Å²) in [6.45, 7) is 6.78. The Balaban J connectivity index is 1.81. The highest BCUT2D eigenvalue weighted by Crippen LogP contribution is 2.25. The van der Waals surface area contributed by atoms with Gasteiger partial charge in [0, 0.05) is 37.9 Å². The fourth-order valence-corrected chi connectivity index (χ4v) is 2.50. The Morgan fingerprint density at radius 3 is 2.70 bits per heavy atom. The van der Waals surface area contributed by atoms with Gasteiger partial charge < -0.3 is 14.0 Å². The molecule has 0 bridgehead atoms. The molecule has 1 heterocycles. The Hall–Kier alpha value is -2.01. The summed E-state index contributed by atoms with van der Waals surface area (Å²) in [5.41, 5.74) is 0. The number of methoxy groups -OCH3 is 1. The Labute approximate surface area is 138 Å². The number of benzene rings is 1.